The van der Waals surface area contributed by atoms with Gasteiger partial charge >= 0.3 is 18.2 Å². The van der Waals surface area contributed by atoms with E-state index in [0.717, 1.165) is 11.1 Å². The van der Waals surface area contributed by atoms with E-state index in [0.29, 0.717) is 32.5 Å². The molecule has 2 aromatic rings. The zero-order valence-corrected chi connectivity index (χ0v) is 21.5. The third-order valence-corrected chi connectivity index (χ3v) is 7.96. The summed E-state index contributed by atoms with van der Waals surface area (Å²) in [5, 5.41) is 12.3. The van der Waals surface area contributed by atoms with Gasteiger partial charge in [0, 0.05) is 31.5 Å². The van der Waals surface area contributed by atoms with Crippen molar-refractivity contribution < 1.29 is 29.0 Å². The normalized spacial score (nSPS) is 24.2. The second-order valence-corrected chi connectivity index (χ2v) is 11.6. The van der Waals surface area contributed by atoms with Crippen LogP contribution in [0.15, 0.2) is 48.5 Å². The van der Waals surface area contributed by atoms with Crippen LogP contribution < -0.4 is 5.32 Å². The minimum absolute atomic E-state index is 0.0263. The van der Waals surface area contributed by atoms with Crippen molar-refractivity contribution in [3.63, 3.8) is 0 Å². The molecule has 8 nitrogen and oxygen atoms in total. The predicted molar refractivity (Wildman–Crippen MR) is 137 cm³/mol. The summed E-state index contributed by atoms with van der Waals surface area (Å²) >= 11 is 0. The molecule has 1 atom stereocenters. The predicted octanol–water partition coefficient (Wildman–Crippen LogP) is 4.87. The summed E-state index contributed by atoms with van der Waals surface area (Å²) in [6, 6.07) is 16.3. The second kappa shape index (κ2) is 9.39. The minimum atomic E-state index is -0.815. The summed E-state index contributed by atoms with van der Waals surface area (Å²) in [5.41, 5.74) is 3.67. The standard InChI is InChI=1S/C29H34N2O6/c1-28(2,3)37-27(35)31-15-19(29(17-31)12-18(13-29)25(32)33)14-30-26(34)36-16-24-22-10-6-4-8-20(22)21-9-5-7-11-23(21)24/h4-11,18-19,24H,12-17H2,1-3H3,(H,30,34)(H,32,33). The van der Waals surface area contributed by atoms with Gasteiger partial charge in [-0.15, -0.1) is 0 Å². The van der Waals surface area contributed by atoms with Crippen molar-refractivity contribution in [2.24, 2.45) is 17.3 Å². The van der Waals surface area contributed by atoms with Crippen molar-refractivity contribution in [1.82, 2.24) is 10.2 Å². The van der Waals surface area contributed by atoms with Crippen LogP contribution in [0.25, 0.3) is 11.1 Å². The number of carbonyl (C=O) groups excluding carboxylic acids is 2. The van der Waals surface area contributed by atoms with E-state index in [-0.39, 0.29) is 23.9 Å². The van der Waals surface area contributed by atoms with Crippen molar-refractivity contribution in [3.05, 3.63) is 59.7 Å². The number of nitrogens with one attached hydrogen (secondary N) is 1. The molecule has 2 fully saturated rings. The number of fused-ring (bicyclic) bond motifs is 3. The molecule has 37 heavy (non-hydrogen) atoms. The fourth-order valence-electron chi connectivity index (χ4n) is 6.19. The van der Waals surface area contributed by atoms with Crippen LogP contribution in [0, 0.1) is 17.3 Å². The Morgan fingerprint density at radius 3 is 2.19 bits per heavy atom. The first-order valence-electron chi connectivity index (χ1n) is 12.9. The average molecular weight is 507 g/mol. The Morgan fingerprint density at radius 2 is 1.62 bits per heavy atom. The van der Waals surface area contributed by atoms with E-state index >= 15 is 0 Å². The van der Waals surface area contributed by atoms with Gasteiger partial charge in [0.25, 0.3) is 0 Å². The van der Waals surface area contributed by atoms with Crippen LogP contribution in [0.1, 0.15) is 50.7 Å². The highest BCUT2D eigenvalue weighted by atomic mass is 16.6. The Hall–Kier alpha value is -3.55. The van der Waals surface area contributed by atoms with Crippen LogP contribution in [-0.2, 0) is 14.3 Å². The maximum atomic E-state index is 12.7. The van der Waals surface area contributed by atoms with Gasteiger partial charge < -0.3 is 24.8 Å². The fourth-order valence-corrected chi connectivity index (χ4v) is 6.19. The molecule has 2 N–H and O–H groups in total. The van der Waals surface area contributed by atoms with Crippen LogP contribution in [0.3, 0.4) is 0 Å². The van der Waals surface area contributed by atoms with Crippen LogP contribution in [-0.4, -0.2) is 60.0 Å². The van der Waals surface area contributed by atoms with Crippen molar-refractivity contribution in [2.45, 2.75) is 45.1 Å². The molecule has 1 unspecified atom stereocenters. The molecule has 2 amide bonds. The maximum absolute atomic E-state index is 12.7. The maximum Gasteiger partial charge on any atom is 0.410 e. The van der Waals surface area contributed by atoms with Crippen LogP contribution in [0.5, 0.6) is 0 Å². The Labute approximate surface area is 216 Å². The van der Waals surface area contributed by atoms with E-state index in [1.807, 2.05) is 45.0 Å². The number of likely N-dealkylation sites (tertiary alicyclic amines) is 1. The molecule has 1 heterocycles. The van der Waals surface area contributed by atoms with Crippen molar-refractivity contribution in [2.75, 3.05) is 26.2 Å². The monoisotopic (exact) mass is 506 g/mol. The Kier molecular flexibility index (Phi) is 6.38. The first-order chi connectivity index (χ1) is 17.6. The number of carboxylic acid groups (broad SMARTS) is 1. The van der Waals surface area contributed by atoms with E-state index in [4.69, 9.17) is 9.47 Å². The lowest BCUT2D eigenvalue weighted by Gasteiger charge is -2.46. The first kappa shape index (κ1) is 25.1. The molecule has 1 aliphatic heterocycles. The molecule has 3 aliphatic rings. The van der Waals surface area contributed by atoms with Gasteiger partial charge in [-0.3, -0.25) is 4.79 Å². The third kappa shape index (κ3) is 4.89. The van der Waals surface area contributed by atoms with Gasteiger partial charge in [-0.05, 0) is 61.3 Å². The molecule has 5 rings (SSSR count). The van der Waals surface area contributed by atoms with Gasteiger partial charge in [-0.1, -0.05) is 48.5 Å². The number of benzene rings is 2. The Bertz CT molecular complexity index is 1170. The lowest BCUT2D eigenvalue weighted by Crippen LogP contribution is -2.49. The topological polar surface area (TPSA) is 105 Å². The summed E-state index contributed by atoms with van der Waals surface area (Å²) in [5.74, 6) is -1.34. The number of hydrogen-bond acceptors (Lipinski definition) is 5. The van der Waals surface area contributed by atoms with Crippen molar-refractivity contribution in [1.29, 1.82) is 0 Å². The summed E-state index contributed by atoms with van der Waals surface area (Å²) in [4.78, 5) is 38.6. The second-order valence-electron chi connectivity index (χ2n) is 11.6. The highest BCUT2D eigenvalue weighted by Crippen LogP contribution is 2.55. The fraction of sp³-hybridized carbons (Fsp3) is 0.483. The van der Waals surface area contributed by atoms with Crippen molar-refractivity contribution in [3.8, 4) is 11.1 Å². The molecule has 1 spiro atoms. The summed E-state index contributed by atoms with van der Waals surface area (Å²) in [7, 11) is 0. The van der Waals surface area contributed by atoms with E-state index in [1.54, 1.807) is 4.90 Å². The molecular weight excluding hydrogens is 472 g/mol. The van der Waals surface area contributed by atoms with E-state index < -0.39 is 29.7 Å². The number of hydrogen-bond donors (Lipinski definition) is 2. The number of carbonyl (C=O) groups is 3. The number of carboxylic acids is 1. The quantitative estimate of drug-likeness (QED) is 0.599. The number of aliphatic carboxylic acids is 1. The lowest BCUT2D eigenvalue weighted by molar-refractivity contribution is -0.151. The van der Waals surface area contributed by atoms with E-state index in [2.05, 4.69) is 29.6 Å². The molecule has 0 radical (unpaired) electrons. The highest BCUT2D eigenvalue weighted by molar-refractivity contribution is 5.79. The zero-order valence-electron chi connectivity index (χ0n) is 21.5. The Balaban J connectivity index is 1.21. The molecule has 8 heteroatoms. The number of ether oxygens (including phenoxy) is 2. The minimum Gasteiger partial charge on any atom is -0.481 e. The number of amides is 2. The van der Waals surface area contributed by atoms with Gasteiger partial charge in [-0.25, -0.2) is 9.59 Å². The first-order valence-corrected chi connectivity index (χ1v) is 12.9. The van der Waals surface area contributed by atoms with Crippen LogP contribution in [0.4, 0.5) is 9.59 Å². The molecule has 0 bridgehead atoms. The van der Waals surface area contributed by atoms with Gasteiger partial charge in [0.1, 0.15) is 12.2 Å². The molecule has 196 valence electrons. The Morgan fingerprint density at radius 1 is 1.03 bits per heavy atom. The molecule has 1 saturated heterocycles. The summed E-state index contributed by atoms with van der Waals surface area (Å²) < 4.78 is 11.2. The largest absolute Gasteiger partial charge is 0.481 e. The van der Waals surface area contributed by atoms with Crippen LogP contribution in [0.2, 0.25) is 0 Å². The smallest absolute Gasteiger partial charge is 0.410 e. The summed E-state index contributed by atoms with van der Waals surface area (Å²) in [6.07, 6.45) is 0.0493. The molecule has 0 aromatic heterocycles. The molecule has 2 aromatic carbocycles. The lowest BCUT2D eigenvalue weighted by atomic mass is 9.57. The SMILES string of the molecule is CC(C)(C)OC(=O)N1CC(CNC(=O)OCC2c3ccccc3-c3ccccc32)C2(CC(C(=O)O)C2)C1. The zero-order chi connectivity index (χ0) is 26.4. The number of alkyl carbamates (subject to hydrolysis) is 1. The summed E-state index contributed by atoms with van der Waals surface area (Å²) in [6.45, 7) is 6.82. The average Bonchev–Trinajstić information content (AvgIpc) is 3.36. The van der Waals surface area contributed by atoms with Gasteiger partial charge in [0.05, 0.1) is 5.92 Å². The third-order valence-electron chi connectivity index (χ3n) is 7.96. The number of nitrogens with zero attached hydrogens (tertiary/aromatic N) is 1. The van der Waals surface area contributed by atoms with Crippen molar-refractivity contribution >= 4 is 18.2 Å². The van der Waals surface area contributed by atoms with E-state index in [1.165, 1.54) is 11.1 Å². The van der Waals surface area contributed by atoms with Gasteiger partial charge in [-0.2, -0.15) is 0 Å². The molecule has 1 saturated carbocycles. The van der Waals surface area contributed by atoms with E-state index in [9.17, 15) is 19.5 Å². The van der Waals surface area contributed by atoms with Crippen LogP contribution >= 0.6 is 0 Å². The molecular formula is C29H34N2O6. The van der Waals surface area contributed by atoms with Gasteiger partial charge in [0.2, 0.25) is 0 Å². The highest BCUT2D eigenvalue weighted by Gasteiger charge is 2.57. The molecule has 2 aliphatic carbocycles. The number of rotatable bonds is 5. The van der Waals surface area contributed by atoms with Gasteiger partial charge in [0.15, 0.2) is 0 Å².